The van der Waals surface area contributed by atoms with E-state index in [0.29, 0.717) is 0 Å². The van der Waals surface area contributed by atoms with Gasteiger partial charge in [0.15, 0.2) is 0 Å². The Labute approximate surface area is 149 Å². The first kappa shape index (κ1) is 34.4. The quantitative estimate of drug-likeness (QED) is 0.152. The third-order valence-electron chi connectivity index (χ3n) is 0.213. The van der Waals surface area contributed by atoms with Gasteiger partial charge in [-0.15, -0.1) is 0 Å². The van der Waals surface area contributed by atoms with Gasteiger partial charge in [0, 0.05) is 0 Å². The SMILES string of the molecule is O=P(O)(O)O.O=P(O)(O)OP(=O)(O)O.O=P([O-])([O-])[O-].[Fe+2].[Na+]. The minimum absolute atomic E-state index is 0. The molecule has 0 spiro atoms. The molecule has 0 aromatic carbocycles. The summed E-state index contributed by atoms with van der Waals surface area (Å²) in [5.41, 5.74) is 0. The summed E-state index contributed by atoms with van der Waals surface area (Å²) in [6.45, 7) is 0. The van der Waals surface area contributed by atoms with Crippen LogP contribution in [0.2, 0.25) is 0 Å². The van der Waals surface area contributed by atoms with Crippen LogP contribution >= 0.6 is 31.3 Å². The molecule has 0 atom stereocenters. The minimum atomic E-state index is -5.39. The second-order valence-electron chi connectivity index (χ2n) is 2.02. The summed E-state index contributed by atoms with van der Waals surface area (Å²) in [5.74, 6) is 0. The van der Waals surface area contributed by atoms with Crippen LogP contribution in [0.1, 0.15) is 0 Å². The van der Waals surface area contributed by atoms with Gasteiger partial charge in [-0.2, -0.15) is 12.1 Å². The summed E-state index contributed by atoms with van der Waals surface area (Å²) in [7, 11) is -20.1. The zero-order valence-electron chi connectivity index (χ0n) is 9.54. The molecule has 0 aromatic heterocycles. The maximum atomic E-state index is 9.63. The largest absolute Gasteiger partial charge is 2.00 e. The van der Waals surface area contributed by atoms with Crippen LogP contribution in [0.5, 0.6) is 0 Å². The Balaban J connectivity index is -0.0000000622. The first-order valence-corrected chi connectivity index (χ1v) is 9.13. The molecule has 21 heavy (non-hydrogen) atoms. The Kier molecular flexibility index (Phi) is 21.8. The zero-order valence-corrected chi connectivity index (χ0v) is 16.2. The minimum Gasteiger partial charge on any atom is -0.822 e. The van der Waals surface area contributed by atoms with E-state index in [1.54, 1.807) is 0 Å². The molecule has 0 aliphatic heterocycles. The maximum absolute atomic E-state index is 9.63. The topological polar surface area (TPSA) is 288 Å². The molecule has 0 radical (unpaired) electrons. The van der Waals surface area contributed by atoms with Gasteiger partial charge in [-0.25, -0.2) is 13.7 Å². The number of hydrogen-bond acceptors (Lipinski definition) is 8. The predicted octanol–water partition coefficient (Wildman–Crippen LogP) is -7.56. The first-order valence-electron chi connectivity index (χ1n) is 3.04. The number of phosphoric acid groups is 4. The van der Waals surface area contributed by atoms with Gasteiger partial charge in [0.1, 0.15) is 0 Å². The van der Waals surface area contributed by atoms with E-state index in [0.717, 1.165) is 0 Å². The summed E-state index contributed by atoms with van der Waals surface area (Å²) in [6.07, 6.45) is 0. The van der Waals surface area contributed by atoms with Gasteiger partial charge < -0.3 is 53.5 Å². The molecular weight excluding hydrogens is 443 g/mol. The average Bonchev–Trinajstić information content (AvgIpc) is 1.63. The molecule has 21 heteroatoms. The van der Waals surface area contributed by atoms with E-state index in [9.17, 15) is 9.13 Å². The van der Waals surface area contributed by atoms with Crippen molar-refractivity contribution in [3.8, 4) is 0 Å². The summed E-state index contributed by atoms with van der Waals surface area (Å²) < 4.78 is 39.6. The smallest absolute Gasteiger partial charge is 0.822 e. The number of rotatable bonds is 2. The molecule has 7 N–H and O–H groups in total. The van der Waals surface area contributed by atoms with Crippen molar-refractivity contribution in [3.05, 3.63) is 0 Å². The van der Waals surface area contributed by atoms with Gasteiger partial charge >= 0.3 is 70.1 Å². The molecule has 0 aliphatic carbocycles. The van der Waals surface area contributed by atoms with Crippen LogP contribution in [-0.2, 0) is 39.6 Å². The Morgan fingerprint density at radius 1 is 0.667 bits per heavy atom. The van der Waals surface area contributed by atoms with Crippen LogP contribution in [0.4, 0.5) is 0 Å². The van der Waals surface area contributed by atoms with Gasteiger partial charge in [-0.3, -0.25) is 0 Å². The van der Waals surface area contributed by atoms with Gasteiger partial charge in [0.25, 0.3) is 0 Å². The Hall–Kier alpha value is 2.00. The van der Waals surface area contributed by atoms with Crippen molar-refractivity contribution in [3.63, 3.8) is 0 Å². The van der Waals surface area contributed by atoms with Crippen LogP contribution in [0, 0.1) is 0 Å². The molecule has 0 saturated heterocycles. The van der Waals surface area contributed by atoms with Gasteiger partial charge in [0.2, 0.25) is 0 Å². The van der Waals surface area contributed by atoms with E-state index in [-0.39, 0.29) is 46.6 Å². The number of hydrogen-bond donors (Lipinski definition) is 7. The Morgan fingerprint density at radius 3 is 0.762 bits per heavy atom. The monoisotopic (exact) mass is 450 g/mol. The van der Waals surface area contributed by atoms with Crippen LogP contribution in [0.15, 0.2) is 0 Å². The van der Waals surface area contributed by atoms with Gasteiger partial charge in [-0.05, 0) is 0 Å². The molecule has 0 bridgehead atoms. The van der Waals surface area contributed by atoms with Crippen LogP contribution in [0.3, 0.4) is 0 Å². The molecule has 0 fully saturated rings. The standard InChI is InChI=1S/Fe.Na.H4O7P2.2H3O4P/c;;1-8(2,3)7-9(4,5)6;2*1-5(2,3)4/h;;(H2,1,2,3)(H2,4,5,6);2*(H3,1,2,3,4)/q+2;+1;;;/p-3. The van der Waals surface area contributed by atoms with E-state index in [4.69, 9.17) is 58.1 Å². The molecule has 0 unspecified atom stereocenters. The van der Waals surface area contributed by atoms with E-state index >= 15 is 0 Å². The third kappa shape index (κ3) is 138. The molecule has 0 aromatic rings. The van der Waals surface area contributed by atoms with Crippen molar-refractivity contribution in [1.29, 1.82) is 0 Å². The summed E-state index contributed by atoms with van der Waals surface area (Å²) in [4.78, 5) is 78.2. The fraction of sp³-hybridized carbons (Fsp3) is 0. The first-order chi connectivity index (χ1) is 7.71. The van der Waals surface area contributed by atoms with E-state index < -0.39 is 31.3 Å². The molecule has 0 amide bonds. The van der Waals surface area contributed by atoms with Crippen LogP contribution in [0.25, 0.3) is 0 Å². The molecule has 15 nitrogen and oxygen atoms in total. The average molecular weight is 450 g/mol. The van der Waals surface area contributed by atoms with Crippen molar-refractivity contribution in [1.82, 2.24) is 0 Å². The molecule has 0 rings (SSSR count). The zero-order chi connectivity index (χ0) is 16.7. The fourth-order valence-electron chi connectivity index (χ4n) is 0.139. The molecule has 0 saturated carbocycles. The molecule has 0 aliphatic rings. The summed E-state index contributed by atoms with van der Waals surface area (Å²) >= 11 is 0. The Bertz CT molecular complexity index is 360. The van der Waals surface area contributed by atoms with Crippen molar-refractivity contribution < 1.29 is 118 Å². The normalized spacial score (nSPS) is 11.5. The second-order valence-corrected chi connectivity index (χ2v) is 6.56. The van der Waals surface area contributed by atoms with Crippen molar-refractivity contribution in [2.75, 3.05) is 0 Å². The second kappa shape index (κ2) is 13.3. The molecule has 0 heterocycles. The fourth-order valence-corrected chi connectivity index (χ4v) is 1.25. The third-order valence-corrected chi connectivity index (χ3v) is 1.91. The van der Waals surface area contributed by atoms with Gasteiger partial charge in [-0.1, -0.05) is 0 Å². The molecule has 126 valence electrons. The van der Waals surface area contributed by atoms with Crippen molar-refractivity contribution >= 4 is 31.3 Å². The van der Waals surface area contributed by atoms with E-state index in [2.05, 4.69) is 4.31 Å². The van der Waals surface area contributed by atoms with Crippen LogP contribution < -0.4 is 44.2 Å². The summed E-state index contributed by atoms with van der Waals surface area (Å²) in [6, 6.07) is 0. The van der Waals surface area contributed by atoms with Crippen molar-refractivity contribution in [2.45, 2.75) is 0 Å². The van der Waals surface area contributed by atoms with Gasteiger partial charge in [0.05, 0.1) is 0 Å². The molecular formula is H7FeNaO15P4. The van der Waals surface area contributed by atoms with E-state index in [1.807, 2.05) is 0 Å². The predicted molar refractivity (Wildman–Crippen MR) is 47.0 cm³/mol. The van der Waals surface area contributed by atoms with E-state index in [1.165, 1.54) is 0 Å². The maximum Gasteiger partial charge on any atom is 2.00 e. The van der Waals surface area contributed by atoms with Crippen LogP contribution in [-0.4, -0.2) is 34.3 Å². The Morgan fingerprint density at radius 2 is 0.762 bits per heavy atom. The summed E-state index contributed by atoms with van der Waals surface area (Å²) in [5, 5.41) is 0. The van der Waals surface area contributed by atoms with Crippen molar-refractivity contribution in [2.24, 2.45) is 0 Å².